The summed E-state index contributed by atoms with van der Waals surface area (Å²) in [6.45, 7) is 6.10. The van der Waals surface area contributed by atoms with Gasteiger partial charge in [-0.2, -0.15) is 0 Å². The second-order valence-electron chi connectivity index (χ2n) is 3.71. The lowest BCUT2D eigenvalue weighted by Crippen LogP contribution is -1.95. The Morgan fingerprint density at radius 3 is 2.31 bits per heavy atom. The molecule has 84 valence electrons. The van der Waals surface area contributed by atoms with Gasteiger partial charge in [0, 0.05) is 14.2 Å². The van der Waals surface area contributed by atoms with Crippen LogP contribution in [0.2, 0.25) is 0 Å². The first kappa shape index (κ1) is 12.0. The Morgan fingerprint density at radius 2 is 1.88 bits per heavy atom. The van der Waals surface area contributed by atoms with Crippen molar-refractivity contribution < 1.29 is 4.79 Å². The Labute approximate surface area is 111 Å². The number of hydrogen-bond donors (Lipinski definition) is 0. The van der Waals surface area contributed by atoms with Gasteiger partial charge in [0.25, 0.3) is 0 Å². The van der Waals surface area contributed by atoms with E-state index < -0.39 is 0 Å². The fourth-order valence-electron chi connectivity index (χ4n) is 1.43. The maximum Gasteiger partial charge on any atom is 0.214 e. The van der Waals surface area contributed by atoms with Crippen LogP contribution in [0.25, 0.3) is 0 Å². The summed E-state index contributed by atoms with van der Waals surface area (Å²) in [5.74, 6) is 0.131. The molecule has 16 heavy (non-hydrogen) atoms. The SMILES string of the molecule is Cc1cc(Br)c(C(=O)c2cc(C)c(C)s2)s1. The zero-order valence-corrected chi connectivity index (χ0v) is 12.5. The van der Waals surface area contributed by atoms with Gasteiger partial charge in [-0.3, -0.25) is 4.79 Å². The molecule has 0 aliphatic rings. The summed E-state index contributed by atoms with van der Waals surface area (Å²) >= 11 is 6.55. The highest BCUT2D eigenvalue weighted by Gasteiger charge is 2.17. The predicted octanol–water partition coefficient (Wildman–Crippen LogP) is 4.73. The van der Waals surface area contributed by atoms with E-state index in [0.29, 0.717) is 0 Å². The number of carbonyl (C=O) groups excluding carboxylic acids is 1. The highest BCUT2D eigenvalue weighted by molar-refractivity contribution is 9.10. The first-order chi connectivity index (χ1) is 7.49. The van der Waals surface area contributed by atoms with Gasteiger partial charge < -0.3 is 0 Å². The first-order valence-corrected chi connectivity index (χ1v) is 7.29. The molecule has 2 aromatic rings. The van der Waals surface area contributed by atoms with Crippen molar-refractivity contribution in [3.63, 3.8) is 0 Å². The minimum absolute atomic E-state index is 0.131. The molecule has 0 saturated heterocycles. The van der Waals surface area contributed by atoms with Crippen LogP contribution in [-0.2, 0) is 0 Å². The summed E-state index contributed by atoms with van der Waals surface area (Å²) in [6.07, 6.45) is 0. The number of thiophene rings is 2. The minimum atomic E-state index is 0.131. The molecule has 0 aromatic carbocycles. The Morgan fingerprint density at radius 1 is 1.19 bits per heavy atom. The van der Waals surface area contributed by atoms with Crippen LogP contribution in [0.3, 0.4) is 0 Å². The monoisotopic (exact) mass is 314 g/mol. The maximum atomic E-state index is 12.2. The third-order valence-electron chi connectivity index (χ3n) is 2.41. The molecule has 0 amide bonds. The molecule has 0 bridgehead atoms. The van der Waals surface area contributed by atoms with Crippen LogP contribution in [0.1, 0.15) is 29.9 Å². The zero-order valence-electron chi connectivity index (χ0n) is 9.26. The van der Waals surface area contributed by atoms with Crippen molar-refractivity contribution in [2.45, 2.75) is 20.8 Å². The lowest BCUT2D eigenvalue weighted by Gasteiger charge is -1.93. The molecule has 0 N–H and O–H groups in total. The molecule has 0 fully saturated rings. The van der Waals surface area contributed by atoms with E-state index in [1.807, 2.05) is 32.9 Å². The van der Waals surface area contributed by atoms with Gasteiger partial charge in [-0.05, 0) is 54.4 Å². The number of rotatable bonds is 2. The summed E-state index contributed by atoms with van der Waals surface area (Å²) in [5, 5.41) is 0. The average Bonchev–Trinajstić information content (AvgIpc) is 2.70. The fraction of sp³-hybridized carbons (Fsp3) is 0.250. The number of ketones is 1. The molecule has 0 saturated carbocycles. The third kappa shape index (κ3) is 2.14. The van der Waals surface area contributed by atoms with Crippen molar-refractivity contribution >= 4 is 44.4 Å². The van der Waals surface area contributed by atoms with Crippen molar-refractivity contribution in [1.29, 1.82) is 0 Å². The minimum Gasteiger partial charge on any atom is -0.287 e. The molecule has 4 heteroatoms. The van der Waals surface area contributed by atoms with E-state index >= 15 is 0 Å². The zero-order chi connectivity index (χ0) is 11.9. The third-order valence-corrected chi connectivity index (χ3v) is 5.49. The topological polar surface area (TPSA) is 17.1 Å². The molecular weight excluding hydrogens is 304 g/mol. The second kappa shape index (κ2) is 4.43. The summed E-state index contributed by atoms with van der Waals surface area (Å²) < 4.78 is 0.906. The summed E-state index contributed by atoms with van der Waals surface area (Å²) in [5.41, 5.74) is 1.19. The molecule has 0 spiro atoms. The van der Waals surface area contributed by atoms with E-state index in [1.54, 1.807) is 22.7 Å². The van der Waals surface area contributed by atoms with Crippen LogP contribution in [-0.4, -0.2) is 5.78 Å². The molecule has 0 atom stereocenters. The Balaban J connectivity index is 2.42. The Hall–Kier alpha value is -0.450. The van der Waals surface area contributed by atoms with Gasteiger partial charge in [0.1, 0.15) is 0 Å². The van der Waals surface area contributed by atoms with Crippen LogP contribution < -0.4 is 0 Å². The molecule has 0 unspecified atom stereocenters. The van der Waals surface area contributed by atoms with E-state index in [1.165, 1.54) is 10.4 Å². The molecule has 1 nitrogen and oxygen atoms in total. The second-order valence-corrected chi connectivity index (χ2v) is 7.08. The number of halogens is 1. The van der Waals surface area contributed by atoms with Crippen molar-refractivity contribution in [2.24, 2.45) is 0 Å². The number of carbonyl (C=O) groups is 1. The largest absolute Gasteiger partial charge is 0.287 e. The molecular formula is C12H11BrOS2. The van der Waals surface area contributed by atoms with Gasteiger partial charge in [-0.15, -0.1) is 22.7 Å². The summed E-state index contributed by atoms with van der Waals surface area (Å²) in [6, 6.07) is 3.97. The van der Waals surface area contributed by atoms with Crippen molar-refractivity contribution in [3.05, 3.63) is 41.7 Å². The Bertz CT molecular complexity index is 532. The molecule has 0 aliphatic carbocycles. The van der Waals surface area contributed by atoms with E-state index in [0.717, 1.165) is 19.1 Å². The van der Waals surface area contributed by atoms with Gasteiger partial charge >= 0.3 is 0 Å². The standard InChI is InChI=1S/C12H11BrOS2/c1-6-4-10(16-8(6)3)11(14)12-9(13)5-7(2)15-12/h4-5H,1-3H3. The molecule has 0 radical (unpaired) electrons. The van der Waals surface area contributed by atoms with Crippen molar-refractivity contribution in [2.75, 3.05) is 0 Å². The molecule has 2 rings (SSSR count). The maximum absolute atomic E-state index is 12.2. The smallest absolute Gasteiger partial charge is 0.214 e. The van der Waals surface area contributed by atoms with E-state index in [4.69, 9.17) is 0 Å². The Kier molecular flexibility index (Phi) is 3.33. The van der Waals surface area contributed by atoms with Crippen molar-refractivity contribution in [1.82, 2.24) is 0 Å². The molecule has 2 aromatic heterocycles. The highest BCUT2D eigenvalue weighted by Crippen LogP contribution is 2.31. The van der Waals surface area contributed by atoms with E-state index in [-0.39, 0.29) is 5.78 Å². The molecule has 0 aliphatic heterocycles. The first-order valence-electron chi connectivity index (χ1n) is 4.86. The molecule has 2 heterocycles. The predicted molar refractivity (Wildman–Crippen MR) is 74.0 cm³/mol. The van der Waals surface area contributed by atoms with Crippen LogP contribution >= 0.6 is 38.6 Å². The lowest BCUT2D eigenvalue weighted by atomic mass is 10.2. The normalized spacial score (nSPS) is 10.8. The van der Waals surface area contributed by atoms with Gasteiger partial charge in [0.05, 0.1) is 9.75 Å². The summed E-state index contributed by atoms with van der Waals surface area (Å²) in [7, 11) is 0. The van der Waals surface area contributed by atoms with Crippen molar-refractivity contribution in [3.8, 4) is 0 Å². The average molecular weight is 315 g/mol. The van der Waals surface area contributed by atoms with E-state index in [2.05, 4.69) is 15.9 Å². The number of hydrogen-bond acceptors (Lipinski definition) is 3. The highest BCUT2D eigenvalue weighted by atomic mass is 79.9. The van der Waals surface area contributed by atoms with Gasteiger partial charge in [0.2, 0.25) is 5.78 Å². The van der Waals surface area contributed by atoms with E-state index in [9.17, 15) is 4.79 Å². The number of aryl methyl sites for hydroxylation is 3. The van der Waals surface area contributed by atoms with Crippen LogP contribution in [0.5, 0.6) is 0 Å². The van der Waals surface area contributed by atoms with Crippen LogP contribution in [0, 0.1) is 20.8 Å². The van der Waals surface area contributed by atoms with Crippen LogP contribution in [0.4, 0.5) is 0 Å². The summed E-state index contributed by atoms with van der Waals surface area (Å²) in [4.78, 5) is 16.2. The fourth-order valence-corrected chi connectivity index (χ4v) is 4.26. The van der Waals surface area contributed by atoms with Gasteiger partial charge in [-0.1, -0.05) is 0 Å². The van der Waals surface area contributed by atoms with Crippen LogP contribution in [0.15, 0.2) is 16.6 Å². The van der Waals surface area contributed by atoms with Gasteiger partial charge in [0.15, 0.2) is 0 Å². The quantitative estimate of drug-likeness (QED) is 0.732. The lowest BCUT2D eigenvalue weighted by molar-refractivity contribution is 0.104. The van der Waals surface area contributed by atoms with Gasteiger partial charge in [-0.25, -0.2) is 0 Å².